The van der Waals surface area contributed by atoms with Crippen LogP contribution in [0, 0.1) is 0 Å². The van der Waals surface area contributed by atoms with E-state index >= 15 is 0 Å². The topological polar surface area (TPSA) is 15.6 Å². The monoisotopic (exact) mass is 352 g/mol. The van der Waals surface area contributed by atoms with E-state index in [2.05, 4.69) is 43.0 Å². The molecule has 4 heteroatoms. The van der Waals surface area contributed by atoms with Crippen LogP contribution in [0.4, 0.5) is 0 Å². The minimum atomic E-state index is 0.532. The second-order valence-corrected chi connectivity index (χ2v) is 3.56. The minimum Gasteiger partial charge on any atom is -0.300 e. The first-order chi connectivity index (χ1) is 4.09. The van der Waals surface area contributed by atoms with Crippen LogP contribution in [0.1, 0.15) is 20.8 Å². The molecule has 0 unspecified atom stereocenters. The lowest BCUT2D eigenvalue weighted by Crippen LogP contribution is -2.24. The van der Waals surface area contributed by atoms with Gasteiger partial charge in [0.25, 0.3) is 0 Å². The first kappa shape index (κ1) is 9.93. The van der Waals surface area contributed by atoms with Crippen molar-refractivity contribution in [3.05, 3.63) is 0 Å². The third-order valence-electron chi connectivity index (χ3n) is 0.885. The zero-order valence-corrected chi connectivity index (χ0v) is 10.0. The standard InChI is InChI=1S/C5H10I2N2/c1-4(2)9(7)5(3)8-6/h4H,1-3H3/b8-5-. The summed E-state index contributed by atoms with van der Waals surface area (Å²) in [4.78, 5) is 0. The van der Waals surface area contributed by atoms with Crippen LogP contribution < -0.4 is 0 Å². The summed E-state index contributed by atoms with van der Waals surface area (Å²) in [6.45, 7) is 6.27. The molecule has 0 rings (SSSR count). The zero-order chi connectivity index (χ0) is 7.44. The molecule has 9 heavy (non-hydrogen) atoms. The van der Waals surface area contributed by atoms with Crippen LogP contribution in [0.15, 0.2) is 3.21 Å². The Balaban J connectivity index is 3.88. The molecule has 0 bridgehead atoms. The van der Waals surface area contributed by atoms with Crippen molar-refractivity contribution in [2.45, 2.75) is 26.8 Å². The summed E-state index contributed by atoms with van der Waals surface area (Å²) >= 11 is 4.26. The van der Waals surface area contributed by atoms with Gasteiger partial charge in [0.1, 0.15) is 5.84 Å². The van der Waals surface area contributed by atoms with Crippen molar-refractivity contribution in [2.75, 3.05) is 0 Å². The van der Waals surface area contributed by atoms with Crippen molar-refractivity contribution < 1.29 is 0 Å². The fourth-order valence-corrected chi connectivity index (χ4v) is 1.16. The molecular formula is C5H10I2N2. The van der Waals surface area contributed by atoms with Crippen molar-refractivity contribution >= 4 is 51.6 Å². The largest absolute Gasteiger partial charge is 0.300 e. The van der Waals surface area contributed by atoms with Gasteiger partial charge in [0.15, 0.2) is 0 Å². The number of hydrogen-bond donors (Lipinski definition) is 0. The van der Waals surface area contributed by atoms with Gasteiger partial charge in [-0.1, -0.05) is 0 Å². The molecule has 0 aliphatic heterocycles. The Morgan fingerprint density at radius 2 is 2.00 bits per heavy atom. The smallest absolute Gasteiger partial charge is 0.117 e. The maximum Gasteiger partial charge on any atom is 0.117 e. The molecule has 0 fully saturated rings. The van der Waals surface area contributed by atoms with Crippen LogP contribution in [-0.4, -0.2) is 15.0 Å². The highest BCUT2D eigenvalue weighted by Gasteiger charge is 2.04. The molecule has 0 aliphatic rings. The number of nitrogens with zero attached hydrogens (tertiary/aromatic N) is 2. The lowest BCUT2D eigenvalue weighted by molar-refractivity contribution is 0.585. The molecule has 0 atom stereocenters. The van der Waals surface area contributed by atoms with E-state index in [0.29, 0.717) is 6.04 Å². The Hall–Kier alpha value is 0.930. The molecule has 0 aromatic rings. The van der Waals surface area contributed by atoms with E-state index < -0.39 is 0 Å². The van der Waals surface area contributed by atoms with Crippen molar-refractivity contribution in [2.24, 2.45) is 3.21 Å². The van der Waals surface area contributed by atoms with Gasteiger partial charge in [-0.15, -0.1) is 0 Å². The van der Waals surface area contributed by atoms with Crippen LogP contribution in [-0.2, 0) is 0 Å². The van der Waals surface area contributed by atoms with Gasteiger partial charge in [-0.05, 0) is 20.8 Å². The molecule has 2 nitrogen and oxygen atoms in total. The summed E-state index contributed by atoms with van der Waals surface area (Å²) in [6.07, 6.45) is 0. The quantitative estimate of drug-likeness (QED) is 0.307. The summed E-state index contributed by atoms with van der Waals surface area (Å²) < 4.78 is 6.12. The summed E-state index contributed by atoms with van der Waals surface area (Å²) in [6, 6.07) is 0.532. The Morgan fingerprint density at radius 1 is 1.56 bits per heavy atom. The third-order valence-corrected chi connectivity index (χ3v) is 3.40. The van der Waals surface area contributed by atoms with Crippen LogP contribution >= 0.6 is 45.7 Å². The van der Waals surface area contributed by atoms with Crippen LogP contribution in [0.5, 0.6) is 0 Å². The molecule has 54 valence electrons. The van der Waals surface area contributed by atoms with E-state index in [1.807, 2.05) is 29.8 Å². The lowest BCUT2D eigenvalue weighted by atomic mass is 10.4. The van der Waals surface area contributed by atoms with E-state index in [9.17, 15) is 0 Å². The van der Waals surface area contributed by atoms with E-state index in [1.54, 1.807) is 0 Å². The average Bonchev–Trinajstić information content (AvgIpc) is 1.84. The minimum absolute atomic E-state index is 0.532. The highest BCUT2D eigenvalue weighted by molar-refractivity contribution is 14.1. The Morgan fingerprint density at radius 3 is 2.11 bits per heavy atom. The summed E-state index contributed by atoms with van der Waals surface area (Å²) in [5.41, 5.74) is 0. The van der Waals surface area contributed by atoms with Crippen molar-refractivity contribution in [1.29, 1.82) is 0 Å². The maximum absolute atomic E-state index is 4.01. The van der Waals surface area contributed by atoms with Gasteiger partial charge in [-0.3, -0.25) is 0 Å². The van der Waals surface area contributed by atoms with E-state index in [1.165, 1.54) is 0 Å². The molecule has 0 aromatic heterocycles. The maximum atomic E-state index is 4.01. The van der Waals surface area contributed by atoms with Crippen LogP contribution in [0.25, 0.3) is 0 Å². The van der Waals surface area contributed by atoms with E-state index in [4.69, 9.17) is 0 Å². The molecule has 0 aliphatic carbocycles. The first-order valence-electron chi connectivity index (χ1n) is 2.70. The number of hydrogen-bond acceptors (Lipinski definition) is 1. The number of halogens is 2. The number of rotatable bonds is 1. The first-order valence-corrected chi connectivity index (χ1v) is 4.63. The SMILES string of the molecule is C/C(=N/I)N(I)C(C)C. The fourth-order valence-electron chi connectivity index (χ4n) is 0.410. The second-order valence-electron chi connectivity index (χ2n) is 2.04. The van der Waals surface area contributed by atoms with Gasteiger partial charge in [0, 0.05) is 6.04 Å². The normalized spacial score (nSPS) is 12.4. The predicted molar refractivity (Wildman–Crippen MR) is 58.1 cm³/mol. The third kappa shape index (κ3) is 3.59. The van der Waals surface area contributed by atoms with Crippen LogP contribution in [0.3, 0.4) is 0 Å². The van der Waals surface area contributed by atoms with Gasteiger partial charge in [0.2, 0.25) is 0 Å². The molecule has 0 aromatic carbocycles. The Kier molecular flexibility index (Phi) is 5.19. The van der Waals surface area contributed by atoms with Crippen molar-refractivity contribution in [1.82, 2.24) is 3.11 Å². The fraction of sp³-hybridized carbons (Fsp3) is 0.800. The van der Waals surface area contributed by atoms with Crippen LogP contribution in [0.2, 0.25) is 0 Å². The van der Waals surface area contributed by atoms with Gasteiger partial charge < -0.3 is 3.11 Å². The molecule has 0 amide bonds. The molecule has 0 spiro atoms. The second kappa shape index (κ2) is 4.70. The van der Waals surface area contributed by atoms with Crippen molar-refractivity contribution in [3.63, 3.8) is 0 Å². The van der Waals surface area contributed by atoms with Gasteiger partial charge in [-0.25, -0.2) is 3.21 Å². The predicted octanol–water partition coefficient (Wildman–Crippen LogP) is 2.82. The molecule has 0 N–H and O–H groups in total. The molecule has 0 saturated heterocycles. The van der Waals surface area contributed by atoms with Crippen molar-refractivity contribution in [3.8, 4) is 0 Å². The van der Waals surface area contributed by atoms with E-state index in [-0.39, 0.29) is 0 Å². The lowest BCUT2D eigenvalue weighted by Gasteiger charge is -2.18. The summed E-state index contributed by atoms with van der Waals surface area (Å²) in [5, 5.41) is 0. The van der Waals surface area contributed by atoms with Gasteiger partial charge >= 0.3 is 0 Å². The summed E-state index contributed by atoms with van der Waals surface area (Å²) in [5.74, 6) is 1.06. The molecule has 0 heterocycles. The zero-order valence-electron chi connectivity index (χ0n) is 5.73. The number of amidine groups is 1. The highest BCUT2D eigenvalue weighted by atomic mass is 127. The summed E-state index contributed by atoms with van der Waals surface area (Å²) in [7, 11) is 0. The Labute approximate surface area is 84.1 Å². The van der Waals surface area contributed by atoms with E-state index in [0.717, 1.165) is 5.84 Å². The Bertz CT molecular complexity index is 112. The molecule has 0 radical (unpaired) electrons. The molecular weight excluding hydrogens is 342 g/mol. The van der Waals surface area contributed by atoms with Gasteiger partial charge in [-0.2, -0.15) is 0 Å². The average molecular weight is 352 g/mol. The van der Waals surface area contributed by atoms with Gasteiger partial charge in [0.05, 0.1) is 45.7 Å². The molecule has 0 saturated carbocycles. The highest BCUT2D eigenvalue weighted by Crippen LogP contribution is 2.08.